The second-order valence-corrected chi connectivity index (χ2v) is 6.21. The van der Waals surface area contributed by atoms with Gasteiger partial charge in [-0.15, -0.1) is 0 Å². The summed E-state index contributed by atoms with van der Waals surface area (Å²) in [7, 11) is 0. The fourth-order valence-electron chi connectivity index (χ4n) is 2.38. The highest BCUT2D eigenvalue weighted by molar-refractivity contribution is 5.80. The predicted molar refractivity (Wildman–Crippen MR) is 87.7 cm³/mol. The van der Waals surface area contributed by atoms with E-state index >= 15 is 0 Å². The van der Waals surface area contributed by atoms with Crippen molar-refractivity contribution < 1.29 is 9.84 Å². The summed E-state index contributed by atoms with van der Waals surface area (Å²) < 4.78 is 5.58. The molecule has 0 unspecified atom stereocenters. The van der Waals surface area contributed by atoms with Gasteiger partial charge in [0.1, 0.15) is 0 Å². The lowest BCUT2D eigenvalue weighted by Gasteiger charge is -2.27. The Bertz CT molecular complexity index is 287. The van der Waals surface area contributed by atoms with Crippen LogP contribution in [0, 0.1) is 5.92 Å². The van der Waals surface area contributed by atoms with Gasteiger partial charge in [-0.1, -0.05) is 13.8 Å². The summed E-state index contributed by atoms with van der Waals surface area (Å²) in [6.07, 6.45) is 4.78. The molecule has 1 aliphatic carbocycles. The van der Waals surface area contributed by atoms with Crippen LogP contribution in [-0.4, -0.2) is 49.5 Å². The quantitative estimate of drug-likeness (QED) is 0.364. The van der Waals surface area contributed by atoms with E-state index < -0.39 is 0 Å². The van der Waals surface area contributed by atoms with Crippen LogP contribution in [0.5, 0.6) is 0 Å². The van der Waals surface area contributed by atoms with Gasteiger partial charge in [0, 0.05) is 19.2 Å². The zero-order valence-electron chi connectivity index (χ0n) is 13.9. The van der Waals surface area contributed by atoms with Gasteiger partial charge >= 0.3 is 0 Å². The first-order valence-electron chi connectivity index (χ1n) is 8.42. The molecule has 0 heterocycles. The molecule has 21 heavy (non-hydrogen) atoms. The Kier molecular flexibility index (Phi) is 9.42. The molecule has 0 bridgehead atoms. The predicted octanol–water partition coefficient (Wildman–Crippen LogP) is 1.91. The fourth-order valence-corrected chi connectivity index (χ4v) is 2.38. The van der Waals surface area contributed by atoms with Crippen molar-refractivity contribution in [2.75, 3.05) is 26.3 Å². The maximum atomic E-state index is 9.54. The highest BCUT2D eigenvalue weighted by atomic mass is 16.5. The minimum absolute atomic E-state index is 0.114. The fraction of sp³-hybridized carbons (Fsp3) is 0.938. The van der Waals surface area contributed by atoms with Crippen molar-refractivity contribution in [2.45, 2.75) is 65.0 Å². The molecule has 0 aromatic heterocycles. The third-order valence-corrected chi connectivity index (χ3v) is 3.73. The summed E-state index contributed by atoms with van der Waals surface area (Å²) in [6, 6.07) is 0.424. The highest BCUT2D eigenvalue weighted by Crippen LogP contribution is 2.18. The van der Waals surface area contributed by atoms with Crippen molar-refractivity contribution in [3.63, 3.8) is 0 Å². The standard InChI is InChI=1S/C16H33N3O2/c1-4-17-16(18-10-12-21-11-9-13(2)3)19-14-5-7-15(20)8-6-14/h13-15,20H,4-12H2,1-3H3,(H2,17,18,19). The van der Waals surface area contributed by atoms with Crippen LogP contribution in [0.15, 0.2) is 4.99 Å². The van der Waals surface area contributed by atoms with E-state index in [4.69, 9.17) is 4.74 Å². The van der Waals surface area contributed by atoms with E-state index in [-0.39, 0.29) is 6.10 Å². The molecule has 0 spiro atoms. The number of hydrogen-bond acceptors (Lipinski definition) is 3. The monoisotopic (exact) mass is 299 g/mol. The van der Waals surface area contributed by atoms with E-state index in [1.165, 1.54) is 0 Å². The Morgan fingerprint density at radius 1 is 1.24 bits per heavy atom. The SMILES string of the molecule is CCNC(=NCCOCCC(C)C)NC1CCC(O)CC1. The Morgan fingerprint density at radius 2 is 1.95 bits per heavy atom. The number of aliphatic imine (C=N–C) groups is 1. The number of rotatable bonds is 8. The molecule has 0 saturated heterocycles. The smallest absolute Gasteiger partial charge is 0.191 e. The van der Waals surface area contributed by atoms with Gasteiger partial charge in [0.05, 0.1) is 19.3 Å². The van der Waals surface area contributed by atoms with Crippen LogP contribution in [0.25, 0.3) is 0 Å². The molecule has 124 valence electrons. The topological polar surface area (TPSA) is 65.9 Å². The van der Waals surface area contributed by atoms with Crippen LogP contribution in [0.1, 0.15) is 52.9 Å². The lowest BCUT2D eigenvalue weighted by Crippen LogP contribution is -2.45. The van der Waals surface area contributed by atoms with Crippen molar-refractivity contribution in [3.05, 3.63) is 0 Å². The van der Waals surface area contributed by atoms with Crippen molar-refractivity contribution in [2.24, 2.45) is 10.9 Å². The Morgan fingerprint density at radius 3 is 2.57 bits per heavy atom. The average molecular weight is 299 g/mol. The summed E-state index contributed by atoms with van der Waals surface area (Å²) in [6.45, 7) is 9.51. The minimum Gasteiger partial charge on any atom is -0.393 e. The molecule has 0 aromatic carbocycles. The molecule has 5 heteroatoms. The summed E-state index contributed by atoms with van der Waals surface area (Å²) >= 11 is 0. The largest absolute Gasteiger partial charge is 0.393 e. The first kappa shape index (κ1) is 18.2. The van der Waals surface area contributed by atoms with Gasteiger partial charge in [-0.2, -0.15) is 0 Å². The average Bonchev–Trinajstić information content (AvgIpc) is 2.45. The molecule has 0 radical (unpaired) electrons. The van der Waals surface area contributed by atoms with Crippen LogP contribution >= 0.6 is 0 Å². The second kappa shape index (κ2) is 10.9. The van der Waals surface area contributed by atoms with Crippen LogP contribution < -0.4 is 10.6 Å². The van der Waals surface area contributed by atoms with Crippen molar-refractivity contribution in [1.29, 1.82) is 0 Å². The van der Waals surface area contributed by atoms with Gasteiger partial charge in [0.15, 0.2) is 5.96 Å². The van der Waals surface area contributed by atoms with E-state index in [1.807, 2.05) is 0 Å². The maximum Gasteiger partial charge on any atom is 0.191 e. The van der Waals surface area contributed by atoms with Gasteiger partial charge in [-0.25, -0.2) is 0 Å². The van der Waals surface area contributed by atoms with Gasteiger partial charge < -0.3 is 20.5 Å². The summed E-state index contributed by atoms with van der Waals surface area (Å²) in [4.78, 5) is 4.55. The Labute approximate surface area is 129 Å². The summed E-state index contributed by atoms with van der Waals surface area (Å²) in [5.41, 5.74) is 0. The molecule has 1 aliphatic rings. The molecule has 0 atom stereocenters. The van der Waals surface area contributed by atoms with E-state index in [0.717, 1.165) is 51.2 Å². The van der Waals surface area contributed by atoms with E-state index in [1.54, 1.807) is 0 Å². The molecule has 0 amide bonds. The lowest BCUT2D eigenvalue weighted by atomic mass is 9.93. The number of aliphatic hydroxyl groups excluding tert-OH is 1. The summed E-state index contributed by atoms with van der Waals surface area (Å²) in [5, 5.41) is 16.3. The number of hydrogen-bond donors (Lipinski definition) is 3. The van der Waals surface area contributed by atoms with Gasteiger partial charge in [0.2, 0.25) is 0 Å². The van der Waals surface area contributed by atoms with E-state index in [2.05, 4.69) is 36.4 Å². The molecule has 0 aromatic rings. The second-order valence-electron chi connectivity index (χ2n) is 6.21. The van der Waals surface area contributed by atoms with Crippen LogP contribution in [0.2, 0.25) is 0 Å². The minimum atomic E-state index is -0.114. The Balaban J connectivity index is 2.23. The number of guanidine groups is 1. The van der Waals surface area contributed by atoms with Crippen LogP contribution in [0.4, 0.5) is 0 Å². The van der Waals surface area contributed by atoms with Crippen molar-refractivity contribution in [1.82, 2.24) is 10.6 Å². The third-order valence-electron chi connectivity index (χ3n) is 3.73. The normalized spacial score (nSPS) is 23.4. The summed E-state index contributed by atoms with van der Waals surface area (Å²) in [5.74, 6) is 1.56. The first-order chi connectivity index (χ1) is 10.1. The number of nitrogens with one attached hydrogen (secondary N) is 2. The molecule has 1 saturated carbocycles. The molecule has 1 rings (SSSR count). The molecular formula is C16H33N3O2. The first-order valence-corrected chi connectivity index (χ1v) is 8.42. The molecule has 0 aliphatic heterocycles. The van der Waals surface area contributed by atoms with Crippen LogP contribution in [0.3, 0.4) is 0 Å². The zero-order valence-corrected chi connectivity index (χ0v) is 13.9. The van der Waals surface area contributed by atoms with Gasteiger partial charge in [0.25, 0.3) is 0 Å². The molecular weight excluding hydrogens is 266 g/mol. The molecule has 3 N–H and O–H groups in total. The molecule has 5 nitrogen and oxygen atoms in total. The van der Waals surface area contributed by atoms with Crippen molar-refractivity contribution in [3.8, 4) is 0 Å². The van der Waals surface area contributed by atoms with Gasteiger partial charge in [-0.3, -0.25) is 4.99 Å². The van der Waals surface area contributed by atoms with Crippen molar-refractivity contribution >= 4 is 5.96 Å². The number of ether oxygens (including phenoxy) is 1. The maximum absolute atomic E-state index is 9.54. The van der Waals surface area contributed by atoms with Crippen LogP contribution in [-0.2, 0) is 4.74 Å². The highest BCUT2D eigenvalue weighted by Gasteiger charge is 2.19. The van der Waals surface area contributed by atoms with E-state index in [9.17, 15) is 5.11 Å². The zero-order chi connectivity index (χ0) is 15.5. The van der Waals surface area contributed by atoms with E-state index in [0.29, 0.717) is 25.1 Å². The lowest BCUT2D eigenvalue weighted by molar-refractivity contribution is 0.120. The Hall–Kier alpha value is -0.810. The molecule has 1 fully saturated rings. The third kappa shape index (κ3) is 8.94. The number of aliphatic hydroxyl groups is 1. The van der Waals surface area contributed by atoms with Gasteiger partial charge in [-0.05, 0) is 44.9 Å². The number of nitrogens with zero attached hydrogens (tertiary/aromatic N) is 1.